The molecule has 0 bridgehead atoms. The van der Waals surface area contributed by atoms with Crippen LogP contribution in [-0.4, -0.2) is 48.7 Å². The van der Waals surface area contributed by atoms with Gasteiger partial charge in [-0.1, -0.05) is 42.2 Å². The van der Waals surface area contributed by atoms with Crippen molar-refractivity contribution in [1.29, 1.82) is 0 Å². The van der Waals surface area contributed by atoms with Crippen molar-refractivity contribution in [2.24, 2.45) is 0 Å². The van der Waals surface area contributed by atoms with Crippen LogP contribution in [0.5, 0.6) is 11.5 Å². The second-order valence-corrected chi connectivity index (χ2v) is 7.14. The Morgan fingerprint density at radius 3 is 2.80 bits per heavy atom. The highest BCUT2D eigenvalue weighted by Gasteiger charge is 2.08. The molecule has 0 atom stereocenters. The van der Waals surface area contributed by atoms with Crippen LogP contribution in [0.4, 0.5) is 5.13 Å². The molecule has 2 N–H and O–H groups in total. The smallest absolute Gasteiger partial charge is 0.230 e. The third kappa shape index (κ3) is 6.79. The monoisotopic (exact) mass is 382 g/mol. The van der Waals surface area contributed by atoms with Gasteiger partial charge in [0.2, 0.25) is 11.0 Å². The van der Waals surface area contributed by atoms with Crippen LogP contribution in [0.25, 0.3) is 0 Å². The van der Waals surface area contributed by atoms with Crippen LogP contribution in [0.3, 0.4) is 0 Å². The molecule has 0 unspecified atom stereocenters. The van der Waals surface area contributed by atoms with E-state index in [1.54, 1.807) is 7.11 Å². The van der Waals surface area contributed by atoms with Crippen molar-refractivity contribution >= 4 is 34.1 Å². The maximum atomic E-state index is 11.9. The summed E-state index contributed by atoms with van der Waals surface area (Å²) in [5, 5.41) is 14.9. The quantitative estimate of drug-likeness (QED) is 0.456. The Kier molecular flexibility index (Phi) is 8.33. The van der Waals surface area contributed by atoms with Crippen LogP contribution in [0.2, 0.25) is 0 Å². The van der Waals surface area contributed by atoms with Gasteiger partial charge in [-0.05, 0) is 18.6 Å². The third-order valence-corrected chi connectivity index (χ3v) is 5.02. The molecule has 25 heavy (non-hydrogen) atoms. The molecule has 0 fully saturated rings. The van der Waals surface area contributed by atoms with E-state index in [9.17, 15) is 4.79 Å². The molecule has 1 aromatic carbocycles. The topological polar surface area (TPSA) is 85.4 Å². The fourth-order valence-electron chi connectivity index (χ4n) is 1.84. The first-order chi connectivity index (χ1) is 12.2. The molecule has 136 valence electrons. The maximum Gasteiger partial charge on any atom is 0.230 e. The summed E-state index contributed by atoms with van der Waals surface area (Å²) in [6, 6.07) is 7.41. The number of amides is 1. The summed E-state index contributed by atoms with van der Waals surface area (Å²) in [4.78, 5) is 11.9. The largest absolute Gasteiger partial charge is 0.493 e. The number of aromatic nitrogens is 2. The summed E-state index contributed by atoms with van der Waals surface area (Å²) < 4.78 is 11.6. The van der Waals surface area contributed by atoms with E-state index in [1.807, 2.05) is 24.3 Å². The second-order valence-electron chi connectivity index (χ2n) is 4.94. The minimum absolute atomic E-state index is 0.0631. The van der Waals surface area contributed by atoms with Crippen LogP contribution in [0.1, 0.15) is 13.3 Å². The summed E-state index contributed by atoms with van der Waals surface area (Å²) in [5.74, 6) is 1.58. The van der Waals surface area contributed by atoms with E-state index in [-0.39, 0.29) is 5.91 Å². The second kappa shape index (κ2) is 10.8. The van der Waals surface area contributed by atoms with Crippen LogP contribution >= 0.6 is 23.1 Å². The van der Waals surface area contributed by atoms with Gasteiger partial charge in [-0.2, -0.15) is 0 Å². The number of ether oxygens (including phenoxy) is 2. The number of methoxy groups -OCH3 is 1. The molecule has 1 aromatic heterocycles. The van der Waals surface area contributed by atoms with E-state index in [1.165, 1.54) is 23.1 Å². The number of hydrogen-bond donors (Lipinski definition) is 2. The molecule has 0 radical (unpaired) electrons. The average Bonchev–Trinajstić information content (AvgIpc) is 3.10. The molecule has 0 saturated carbocycles. The van der Waals surface area contributed by atoms with Crippen LogP contribution in [0.15, 0.2) is 28.6 Å². The highest BCUT2D eigenvalue weighted by atomic mass is 32.2. The molecular formula is C16H22N4O3S2. The number of rotatable bonds is 11. The fraction of sp³-hybridized carbons (Fsp3) is 0.438. The lowest BCUT2D eigenvalue weighted by Crippen LogP contribution is -2.29. The predicted molar refractivity (Wildman–Crippen MR) is 101 cm³/mol. The average molecular weight is 383 g/mol. The van der Waals surface area contributed by atoms with Gasteiger partial charge in [0.15, 0.2) is 15.8 Å². The molecule has 2 rings (SSSR count). The summed E-state index contributed by atoms with van der Waals surface area (Å²) in [5.41, 5.74) is 0. The number of hydrogen-bond acceptors (Lipinski definition) is 8. The highest BCUT2D eigenvalue weighted by molar-refractivity contribution is 8.01. The van der Waals surface area contributed by atoms with Crippen molar-refractivity contribution in [2.75, 3.05) is 37.9 Å². The zero-order valence-electron chi connectivity index (χ0n) is 14.3. The zero-order chi connectivity index (χ0) is 17.9. The van der Waals surface area contributed by atoms with Crippen molar-refractivity contribution < 1.29 is 14.3 Å². The lowest BCUT2D eigenvalue weighted by molar-refractivity contribution is -0.118. The Bertz CT molecular complexity index is 666. The summed E-state index contributed by atoms with van der Waals surface area (Å²) in [6.07, 6.45) is 1.03. The minimum atomic E-state index is -0.0631. The van der Waals surface area contributed by atoms with Crippen molar-refractivity contribution in [3.63, 3.8) is 0 Å². The van der Waals surface area contributed by atoms with Gasteiger partial charge < -0.3 is 20.1 Å². The van der Waals surface area contributed by atoms with E-state index in [4.69, 9.17) is 9.47 Å². The Hall–Kier alpha value is -2.00. The number of anilines is 1. The summed E-state index contributed by atoms with van der Waals surface area (Å²) in [7, 11) is 1.60. The lowest BCUT2D eigenvalue weighted by Gasteiger charge is -2.10. The molecule has 0 aliphatic heterocycles. The molecule has 7 nitrogen and oxygen atoms in total. The fourth-order valence-corrected chi connectivity index (χ4v) is 3.45. The normalized spacial score (nSPS) is 10.3. The number of carbonyl (C=O) groups excluding carboxylic acids is 1. The predicted octanol–water partition coefficient (Wildman–Crippen LogP) is 2.66. The first-order valence-electron chi connectivity index (χ1n) is 7.95. The highest BCUT2D eigenvalue weighted by Crippen LogP contribution is 2.26. The van der Waals surface area contributed by atoms with E-state index in [2.05, 4.69) is 27.8 Å². The van der Waals surface area contributed by atoms with Gasteiger partial charge in [-0.15, -0.1) is 10.2 Å². The molecule has 2 aromatic rings. The Morgan fingerprint density at radius 1 is 1.24 bits per heavy atom. The number of para-hydroxylation sites is 2. The Labute approximate surface area is 155 Å². The van der Waals surface area contributed by atoms with Gasteiger partial charge in [0, 0.05) is 6.54 Å². The molecule has 1 heterocycles. The minimum Gasteiger partial charge on any atom is -0.493 e. The summed E-state index contributed by atoms with van der Waals surface area (Å²) >= 11 is 2.83. The first kappa shape index (κ1) is 19.3. The molecule has 0 aliphatic rings. The number of benzene rings is 1. The zero-order valence-corrected chi connectivity index (χ0v) is 15.9. The van der Waals surface area contributed by atoms with Gasteiger partial charge >= 0.3 is 0 Å². The first-order valence-corrected chi connectivity index (χ1v) is 9.75. The van der Waals surface area contributed by atoms with Crippen LogP contribution in [0, 0.1) is 0 Å². The lowest BCUT2D eigenvalue weighted by atomic mass is 10.3. The Balaban J connectivity index is 1.63. The molecular weight excluding hydrogens is 360 g/mol. The molecule has 0 saturated heterocycles. The van der Waals surface area contributed by atoms with E-state index in [0.29, 0.717) is 30.4 Å². The van der Waals surface area contributed by atoms with Crippen molar-refractivity contribution in [3.8, 4) is 11.5 Å². The van der Waals surface area contributed by atoms with Crippen molar-refractivity contribution in [3.05, 3.63) is 24.3 Å². The number of nitrogens with zero attached hydrogens (tertiary/aromatic N) is 2. The molecule has 1 amide bonds. The van der Waals surface area contributed by atoms with E-state index >= 15 is 0 Å². The van der Waals surface area contributed by atoms with Gasteiger partial charge in [0.05, 0.1) is 19.4 Å². The van der Waals surface area contributed by atoms with Gasteiger partial charge in [-0.25, -0.2) is 0 Å². The number of carbonyl (C=O) groups is 1. The molecule has 0 spiro atoms. The van der Waals surface area contributed by atoms with Gasteiger partial charge in [-0.3, -0.25) is 4.79 Å². The van der Waals surface area contributed by atoms with E-state index < -0.39 is 0 Å². The molecule has 0 aliphatic carbocycles. The number of nitrogens with one attached hydrogen (secondary N) is 2. The third-order valence-electron chi connectivity index (χ3n) is 3.01. The van der Waals surface area contributed by atoms with E-state index in [0.717, 1.165) is 22.4 Å². The van der Waals surface area contributed by atoms with Gasteiger partial charge in [0.25, 0.3) is 0 Å². The van der Waals surface area contributed by atoms with Crippen LogP contribution in [-0.2, 0) is 4.79 Å². The number of thioether (sulfide) groups is 1. The SMILES string of the molecule is CCCNc1nnc(SCC(=O)NCCOc2ccccc2OC)s1. The summed E-state index contributed by atoms with van der Waals surface area (Å²) in [6.45, 7) is 3.76. The van der Waals surface area contributed by atoms with Gasteiger partial charge in [0.1, 0.15) is 6.61 Å². The standard InChI is InChI=1S/C16H22N4O3S2/c1-3-8-18-15-19-20-16(25-15)24-11-14(21)17-9-10-23-13-7-5-4-6-12(13)22-2/h4-7H,3,8-11H2,1-2H3,(H,17,21)(H,18,19). The van der Waals surface area contributed by atoms with Crippen molar-refractivity contribution in [1.82, 2.24) is 15.5 Å². The molecule has 9 heteroatoms. The Morgan fingerprint density at radius 2 is 2.04 bits per heavy atom. The van der Waals surface area contributed by atoms with Crippen molar-refractivity contribution in [2.45, 2.75) is 17.7 Å². The van der Waals surface area contributed by atoms with Crippen LogP contribution < -0.4 is 20.1 Å². The maximum absolute atomic E-state index is 11.9.